The van der Waals surface area contributed by atoms with Crippen molar-refractivity contribution in [2.45, 2.75) is 56.4 Å². The molecule has 1 nitrogen and oxygen atoms in total. The molecule has 0 amide bonds. The van der Waals surface area contributed by atoms with Crippen molar-refractivity contribution in [1.82, 2.24) is 0 Å². The number of para-hydroxylation sites is 1. The van der Waals surface area contributed by atoms with E-state index in [1.54, 1.807) is 0 Å². The predicted molar refractivity (Wildman–Crippen MR) is 197 cm³/mol. The fourth-order valence-electron chi connectivity index (χ4n) is 9.93. The van der Waals surface area contributed by atoms with E-state index < -0.39 is 5.41 Å². The normalized spacial score (nSPS) is 23.5. The lowest BCUT2D eigenvalue weighted by atomic mass is 9.57. The molecule has 3 unspecified atom stereocenters. The summed E-state index contributed by atoms with van der Waals surface area (Å²) in [7, 11) is 0. The van der Waals surface area contributed by atoms with Gasteiger partial charge in [-0.15, -0.1) is 0 Å². The Labute approximate surface area is 279 Å². The summed E-state index contributed by atoms with van der Waals surface area (Å²) in [6.45, 7) is 7.55. The first kappa shape index (κ1) is 28.4. The first-order chi connectivity index (χ1) is 23.0. The zero-order valence-corrected chi connectivity index (χ0v) is 27.6. The molecule has 0 bridgehead atoms. The Morgan fingerprint density at radius 1 is 0.553 bits per heavy atom. The van der Waals surface area contributed by atoms with Crippen molar-refractivity contribution in [2.75, 3.05) is 4.90 Å². The Morgan fingerprint density at radius 2 is 1.11 bits per heavy atom. The summed E-state index contributed by atoms with van der Waals surface area (Å²) in [5, 5.41) is 0. The van der Waals surface area contributed by atoms with E-state index in [2.05, 4.69) is 177 Å². The highest BCUT2D eigenvalue weighted by atomic mass is 15.3. The second-order valence-electron chi connectivity index (χ2n) is 14.5. The molecule has 230 valence electrons. The zero-order valence-electron chi connectivity index (χ0n) is 27.6. The summed E-state index contributed by atoms with van der Waals surface area (Å²) in [5.41, 5.74) is 14.4. The minimum absolute atomic E-state index is 0.00289. The van der Waals surface area contributed by atoms with E-state index in [4.69, 9.17) is 0 Å². The quantitative estimate of drug-likeness (QED) is 0.192. The molecule has 6 aromatic carbocycles. The lowest BCUT2D eigenvalue weighted by Gasteiger charge is -2.54. The molecule has 0 aromatic heterocycles. The van der Waals surface area contributed by atoms with E-state index in [-0.39, 0.29) is 11.0 Å². The van der Waals surface area contributed by atoms with Gasteiger partial charge in [-0.3, -0.25) is 0 Å². The molecule has 6 aromatic rings. The number of hydrogen-bond donors (Lipinski definition) is 0. The fraction of sp³-hybridized carbons (Fsp3) is 0.217. The van der Waals surface area contributed by atoms with Gasteiger partial charge < -0.3 is 4.90 Å². The van der Waals surface area contributed by atoms with Crippen molar-refractivity contribution in [1.29, 1.82) is 0 Å². The van der Waals surface area contributed by atoms with Crippen LogP contribution in [0.2, 0.25) is 0 Å². The Bertz CT molecular complexity index is 2070. The first-order valence-electron chi connectivity index (χ1n) is 17.3. The molecule has 47 heavy (non-hydrogen) atoms. The molecular formula is C46H41N. The second kappa shape index (κ2) is 10.3. The van der Waals surface area contributed by atoms with Gasteiger partial charge >= 0.3 is 0 Å². The highest BCUT2D eigenvalue weighted by molar-refractivity contribution is 5.89. The summed E-state index contributed by atoms with van der Waals surface area (Å²) in [5.74, 6) is 0.577. The van der Waals surface area contributed by atoms with E-state index in [0.29, 0.717) is 5.92 Å². The number of hydrogen-bond acceptors (Lipinski definition) is 1. The van der Waals surface area contributed by atoms with Gasteiger partial charge in [-0.05, 0) is 106 Å². The van der Waals surface area contributed by atoms with Gasteiger partial charge in [0.25, 0.3) is 0 Å². The fourth-order valence-corrected chi connectivity index (χ4v) is 9.93. The zero-order chi connectivity index (χ0) is 31.8. The van der Waals surface area contributed by atoms with Crippen molar-refractivity contribution >= 4 is 11.4 Å². The standard InChI is InChI=1S/C46H41N/c1-32-16-15-29-44(2)42-31-34(26-28-43(42)47(45(32,44)3)37-21-11-6-12-22-37)33-25-27-39-38-23-13-14-24-40(38)46(41(39)30-33,35-17-7-4-8-18-35)36-19-9-5-10-20-36/h4-14,17-28,30-32H,15-16,29H2,1-3H3. The third kappa shape index (κ3) is 3.72. The molecule has 0 radical (unpaired) electrons. The van der Waals surface area contributed by atoms with Gasteiger partial charge in [0, 0.05) is 16.8 Å². The number of rotatable bonds is 4. The van der Waals surface area contributed by atoms with E-state index >= 15 is 0 Å². The molecule has 0 N–H and O–H groups in total. The maximum atomic E-state index is 2.69. The molecule has 3 atom stereocenters. The molecule has 3 aliphatic rings. The van der Waals surface area contributed by atoms with Crippen LogP contribution in [-0.4, -0.2) is 5.54 Å². The Morgan fingerprint density at radius 3 is 1.79 bits per heavy atom. The monoisotopic (exact) mass is 607 g/mol. The maximum absolute atomic E-state index is 2.69. The number of benzene rings is 6. The van der Waals surface area contributed by atoms with Gasteiger partial charge in [-0.2, -0.15) is 0 Å². The molecule has 0 spiro atoms. The van der Waals surface area contributed by atoms with Crippen LogP contribution in [0.4, 0.5) is 11.4 Å². The van der Waals surface area contributed by atoms with Crippen LogP contribution in [-0.2, 0) is 10.8 Å². The minimum Gasteiger partial charge on any atom is -0.334 e. The van der Waals surface area contributed by atoms with Crippen LogP contribution in [0.1, 0.15) is 67.9 Å². The summed E-state index contributed by atoms with van der Waals surface area (Å²) in [6, 6.07) is 57.0. The average molecular weight is 608 g/mol. The van der Waals surface area contributed by atoms with Crippen molar-refractivity contribution in [3.8, 4) is 22.3 Å². The van der Waals surface area contributed by atoms with E-state index in [1.165, 1.54) is 80.7 Å². The molecule has 2 aliphatic carbocycles. The van der Waals surface area contributed by atoms with Crippen LogP contribution in [0.15, 0.2) is 152 Å². The van der Waals surface area contributed by atoms with E-state index in [9.17, 15) is 0 Å². The van der Waals surface area contributed by atoms with Crippen molar-refractivity contribution in [3.05, 3.63) is 179 Å². The first-order valence-corrected chi connectivity index (χ1v) is 17.3. The van der Waals surface area contributed by atoms with Crippen LogP contribution in [0.3, 0.4) is 0 Å². The second-order valence-corrected chi connectivity index (χ2v) is 14.5. The number of anilines is 2. The van der Waals surface area contributed by atoms with Gasteiger partial charge in [-0.1, -0.05) is 142 Å². The maximum Gasteiger partial charge on any atom is 0.0713 e. The average Bonchev–Trinajstić information content (AvgIpc) is 3.54. The van der Waals surface area contributed by atoms with Crippen LogP contribution < -0.4 is 4.90 Å². The largest absolute Gasteiger partial charge is 0.334 e. The summed E-state index contributed by atoms with van der Waals surface area (Å²) in [6.07, 6.45) is 3.74. The predicted octanol–water partition coefficient (Wildman–Crippen LogP) is 11.7. The van der Waals surface area contributed by atoms with Crippen LogP contribution in [0.25, 0.3) is 22.3 Å². The highest BCUT2D eigenvalue weighted by Gasteiger charge is 2.60. The minimum atomic E-state index is -0.394. The molecule has 1 heteroatoms. The summed E-state index contributed by atoms with van der Waals surface area (Å²) >= 11 is 0. The molecular weight excluding hydrogens is 567 g/mol. The molecule has 9 rings (SSSR count). The van der Waals surface area contributed by atoms with Crippen LogP contribution in [0, 0.1) is 5.92 Å². The third-order valence-electron chi connectivity index (χ3n) is 12.5. The molecule has 1 heterocycles. The van der Waals surface area contributed by atoms with E-state index in [1.807, 2.05) is 0 Å². The Kier molecular flexibility index (Phi) is 6.22. The van der Waals surface area contributed by atoms with Crippen molar-refractivity contribution in [2.24, 2.45) is 5.92 Å². The smallest absolute Gasteiger partial charge is 0.0713 e. The molecule has 1 fully saturated rings. The van der Waals surface area contributed by atoms with Crippen molar-refractivity contribution in [3.63, 3.8) is 0 Å². The van der Waals surface area contributed by atoms with E-state index in [0.717, 1.165) is 0 Å². The van der Waals surface area contributed by atoms with Crippen molar-refractivity contribution < 1.29 is 0 Å². The third-order valence-corrected chi connectivity index (χ3v) is 12.5. The topological polar surface area (TPSA) is 3.24 Å². The van der Waals surface area contributed by atoms with Crippen LogP contribution >= 0.6 is 0 Å². The number of fused-ring (bicyclic) bond motifs is 6. The lowest BCUT2D eigenvalue weighted by molar-refractivity contribution is 0.130. The Balaban J connectivity index is 1.27. The van der Waals surface area contributed by atoms with Gasteiger partial charge in [-0.25, -0.2) is 0 Å². The molecule has 0 saturated heterocycles. The van der Waals surface area contributed by atoms with Gasteiger partial charge in [0.1, 0.15) is 0 Å². The number of nitrogens with zero attached hydrogens (tertiary/aromatic N) is 1. The van der Waals surface area contributed by atoms with Gasteiger partial charge in [0.15, 0.2) is 0 Å². The highest BCUT2D eigenvalue weighted by Crippen LogP contribution is 2.63. The summed E-state index contributed by atoms with van der Waals surface area (Å²) in [4.78, 5) is 2.69. The van der Waals surface area contributed by atoms with Crippen LogP contribution in [0.5, 0.6) is 0 Å². The van der Waals surface area contributed by atoms with Gasteiger partial charge in [0.2, 0.25) is 0 Å². The Hall–Kier alpha value is -4.88. The lowest BCUT2D eigenvalue weighted by Crippen LogP contribution is -2.59. The molecule has 1 aliphatic heterocycles. The van der Waals surface area contributed by atoms with Gasteiger partial charge in [0.05, 0.1) is 11.0 Å². The summed E-state index contributed by atoms with van der Waals surface area (Å²) < 4.78 is 0. The molecule has 1 saturated carbocycles. The SMILES string of the molecule is CC1CCCC2(C)c3cc(-c4ccc5c(c4)C(c4ccccc4)(c4ccccc4)c4ccccc4-5)ccc3N(c3ccccc3)C12C.